The Morgan fingerprint density at radius 1 is 0.875 bits per heavy atom. The Kier molecular flexibility index (Phi) is 7.75. The summed E-state index contributed by atoms with van der Waals surface area (Å²) in [5, 5.41) is 7.99. The van der Waals surface area contributed by atoms with Crippen molar-refractivity contribution >= 4 is 29.1 Å². The third kappa shape index (κ3) is 6.53. The Morgan fingerprint density at radius 3 is 2.25 bits per heavy atom. The molecule has 0 fully saturated rings. The van der Waals surface area contributed by atoms with Crippen LogP contribution in [0.25, 0.3) is 0 Å². The number of hydrogen-bond donors (Lipinski definition) is 3. The topological polar surface area (TPSA) is 73.5 Å². The molecule has 0 atom stereocenters. The molecule has 0 unspecified atom stereocenters. The van der Waals surface area contributed by atoms with Gasteiger partial charge in [0, 0.05) is 24.5 Å². The number of urea groups is 2. The maximum absolute atomic E-state index is 13.9. The molecule has 0 aliphatic carbocycles. The molecule has 0 spiro atoms. The number of aryl methyl sites for hydroxylation is 1. The van der Waals surface area contributed by atoms with Gasteiger partial charge in [-0.1, -0.05) is 29.8 Å². The maximum Gasteiger partial charge on any atom is 0.326 e. The highest BCUT2D eigenvalue weighted by Crippen LogP contribution is 2.19. The van der Waals surface area contributed by atoms with Crippen LogP contribution in [0.15, 0.2) is 72.8 Å². The lowest BCUT2D eigenvalue weighted by molar-refractivity contribution is 0.252. The van der Waals surface area contributed by atoms with Crippen LogP contribution in [0, 0.1) is 18.6 Å². The molecule has 0 radical (unpaired) electrons. The Morgan fingerprint density at radius 2 is 1.56 bits per heavy atom. The van der Waals surface area contributed by atoms with E-state index in [0.717, 1.165) is 5.56 Å². The van der Waals surface area contributed by atoms with Gasteiger partial charge in [0.25, 0.3) is 0 Å². The molecule has 0 aromatic heterocycles. The van der Waals surface area contributed by atoms with Crippen molar-refractivity contribution in [1.29, 1.82) is 0 Å². The van der Waals surface area contributed by atoms with Gasteiger partial charge in [-0.05, 0) is 61.9 Å². The molecule has 0 bridgehead atoms. The molecule has 0 aliphatic heterocycles. The van der Waals surface area contributed by atoms with E-state index < -0.39 is 17.7 Å². The third-order valence-corrected chi connectivity index (χ3v) is 4.65. The molecule has 0 aliphatic rings. The molecule has 0 saturated heterocycles. The van der Waals surface area contributed by atoms with E-state index >= 15 is 0 Å². The minimum Gasteiger partial charge on any atom is -0.338 e. The average molecular weight is 438 g/mol. The van der Waals surface area contributed by atoms with E-state index in [1.807, 2.05) is 19.1 Å². The average Bonchev–Trinajstić information content (AvgIpc) is 2.78. The van der Waals surface area contributed by atoms with Gasteiger partial charge < -0.3 is 16.0 Å². The van der Waals surface area contributed by atoms with Gasteiger partial charge in [-0.25, -0.2) is 18.4 Å². The van der Waals surface area contributed by atoms with Crippen LogP contribution < -0.4 is 20.9 Å². The van der Waals surface area contributed by atoms with Crippen LogP contribution in [0.1, 0.15) is 12.0 Å². The largest absolute Gasteiger partial charge is 0.338 e. The van der Waals surface area contributed by atoms with Crippen molar-refractivity contribution in [3.05, 3.63) is 90.0 Å². The summed E-state index contributed by atoms with van der Waals surface area (Å²) in [6.07, 6.45) is 0.420. The van der Waals surface area contributed by atoms with Gasteiger partial charge in [-0.15, -0.1) is 0 Å². The first-order chi connectivity index (χ1) is 15.4. The Bertz CT molecular complexity index is 1060. The summed E-state index contributed by atoms with van der Waals surface area (Å²) in [4.78, 5) is 26.2. The summed E-state index contributed by atoms with van der Waals surface area (Å²) in [6, 6.07) is 17.7. The van der Waals surface area contributed by atoms with E-state index in [4.69, 9.17) is 0 Å². The molecule has 32 heavy (non-hydrogen) atoms. The lowest BCUT2D eigenvalue weighted by Crippen LogP contribution is -2.38. The second kappa shape index (κ2) is 10.9. The fraction of sp³-hybridized carbons (Fsp3) is 0.167. The van der Waals surface area contributed by atoms with E-state index in [9.17, 15) is 18.4 Å². The second-order valence-corrected chi connectivity index (χ2v) is 7.14. The number of nitrogens with one attached hydrogen (secondary N) is 3. The predicted octanol–water partition coefficient (Wildman–Crippen LogP) is 5.52. The summed E-state index contributed by atoms with van der Waals surface area (Å²) < 4.78 is 27.3. The van der Waals surface area contributed by atoms with Crippen LogP contribution in [-0.2, 0) is 0 Å². The van der Waals surface area contributed by atoms with Crippen LogP contribution in [0.2, 0.25) is 0 Å². The number of benzene rings is 3. The van der Waals surface area contributed by atoms with Crippen LogP contribution in [0.3, 0.4) is 0 Å². The molecule has 3 aromatic rings. The van der Waals surface area contributed by atoms with Gasteiger partial charge in [0.2, 0.25) is 0 Å². The zero-order valence-electron chi connectivity index (χ0n) is 17.6. The van der Waals surface area contributed by atoms with Gasteiger partial charge in [-0.3, -0.25) is 4.90 Å². The lowest BCUT2D eigenvalue weighted by atomic mass is 10.2. The van der Waals surface area contributed by atoms with Crippen LogP contribution in [-0.4, -0.2) is 25.2 Å². The number of nitrogens with zero attached hydrogens (tertiary/aromatic N) is 1. The number of para-hydroxylation sites is 1. The maximum atomic E-state index is 13.9. The summed E-state index contributed by atoms with van der Waals surface area (Å²) >= 11 is 0. The highest BCUT2D eigenvalue weighted by Gasteiger charge is 2.17. The van der Waals surface area contributed by atoms with E-state index in [0.29, 0.717) is 24.3 Å². The minimum absolute atomic E-state index is 0.0419. The lowest BCUT2D eigenvalue weighted by Gasteiger charge is -2.23. The number of amides is 4. The molecule has 6 nitrogen and oxygen atoms in total. The number of carbonyl (C=O) groups excluding carboxylic acids is 2. The highest BCUT2D eigenvalue weighted by atomic mass is 19.1. The molecular formula is C24H24F2N4O2. The first kappa shape index (κ1) is 22.7. The SMILES string of the molecule is Cc1ccc(NC(=O)NCCCN(C(=O)Nc2ccccc2F)c2ccc(F)cc2)cc1. The second-order valence-electron chi connectivity index (χ2n) is 7.14. The quantitative estimate of drug-likeness (QED) is 0.425. The van der Waals surface area contributed by atoms with Gasteiger partial charge >= 0.3 is 12.1 Å². The Balaban J connectivity index is 1.58. The molecular weight excluding hydrogens is 414 g/mol. The zero-order valence-corrected chi connectivity index (χ0v) is 17.6. The molecule has 4 amide bonds. The number of hydrogen-bond acceptors (Lipinski definition) is 2. The first-order valence-corrected chi connectivity index (χ1v) is 10.1. The molecule has 3 N–H and O–H groups in total. The van der Waals surface area contributed by atoms with E-state index in [1.54, 1.807) is 18.2 Å². The Hall–Kier alpha value is -3.94. The third-order valence-electron chi connectivity index (χ3n) is 4.65. The molecule has 3 rings (SSSR count). The van der Waals surface area contributed by atoms with Crippen molar-refractivity contribution < 1.29 is 18.4 Å². The van der Waals surface area contributed by atoms with Crippen molar-refractivity contribution in [2.24, 2.45) is 0 Å². The van der Waals surface area contributed by atoms with Crippen molar-refractivity contribution in [2.45, 2.75) is 13.3 Å². The Labute approximate surface area is 185 Å². The molecule has 166 valence electrons. The summed E-state index contributed by atoms with van der Waals surface area (Å²) in [5.74, 6) is -0.994. The molecule has 3 aromatic carbocycles. The standard InChI is InChI=1S/C24H24F2N4O2/c1-17-7-11-19(12-8-17)28-23(31)27-15-4-16-30(20-13-9-18(25)10-14-20)24(32)29-22-6-3-2-5-21(22)26/h2-3,5-14H,4,15-16H2,1H3,(H,29,32)(H2,27,28,31). The van der Waals surface area contributed by atoms with E-state index in [2.05, 4.69) is 16.0 Å². The summed E-state index contributed by atoms with van der Waals surface area (Å²) in [7, 11) is 0. The molecule has 0 saturated carbocycles. The van der Waals surface area contributed by atoms with Crippen molar-refractivity contribution in [1.82, 2.24) is 5.32 Å². The summed E-state index contributed by atoms with van der Waals surface area (Å²) in [5.41, 5.74) is 2.25. The summed E-state index contributed by atoms with van der Waals surface area (Å²) in [6.45, 7) is 2.47. The predicted molar refractivity (Wildman–Crippen MR) is 122 cm³/mol. The first-order valence-electron chi connectivity index (χ1n) is 10.1. The van der Waals surface area contributed by atoms with Crippen LogP contribution >= 0.6 is 0 Å². The minimum atomic E-state index is -0.564. The number of halogens is 2. The fourth-order valence-corrected chi connectivity index (χ4v) is 2.97. The van der Waals surface area contributed by atoms with E-state index in [1.165, 1.54) is 47.4 Å². The van der Waals surface area contributed by atoms with Crippen molar-refractivity contribution in [3.8, 4) is 0 Å². The molecule has 8 heteroatoms. The molecule has 0 heterocycles. The normalized spacial score (nSPS) is 10.3. The van der Waals surface area contributed by atoms with Gasteiger partial charge in [0.05, 0.1) is 5.69 Å². The van der Waals surface area contributed by atoms with Crippen LogP contribution in [0.5, 0.6) is 0 Å². The number of rotatable bonds is 7. The highest BCUT2D eigenvalue weighted by molar-refractivity contribution is 6.01. The van der Waals surface area contributed by atoms with Crippen LogP contribution in [0.4, 0.5) is 35.4 Å². The van der Waals surface area contributed by atoms with Gasteiger partial charge in [0.15, 0.2) is 0 Å². The van der Waals surface area contributed by atoms with Gasteiger partial charge in [0.1, 0.15) is 11.6 Å². The monoisotopic (exact) mass is 438 g/mol. The smallest absolute Gasteiger partial charge is 0.326 e. The van der Waals surface area contributed by atoms with Gasteiger partial charge in [-0.2, -0.15) is 0 Å². The number of anilines is 3. The van der Waals surface area contributed by atoms with Crippen molar-refractivity contribution in [2.75, 3.05) is 28.6 Å². The zero-order chi connectivity index (χ0) is 22.9. The number of carbonyl (C=O) groups is 2. The fourth-order valence-electron chi connectivity index (χ4n) is 2.97. The van der Waals surface area contributed by atoms with Crippen molar-refractivity contribution in [3.63, 3.8) is 0 Å². The van der Waals surface area contributed by atoms with E-state index in [-0.39, 0.29) is 18.3 Å².